The molecule has 1 aromatic rings. The van der Waals surface area contributed by atoms with E-state index < -0.39 is 9.84 Å². The molecule has 0 aromatic heterocycles. The van der Waals surface area contributed by atoms with E-state index in [0.717, 1.165) is 4.90 Å². The first-order valence-electron chi connectivity index (χ1n) is 3.10. The van der Waals surface area contributed by atoms with E-state index in [-0.39, 0.29) is 0 Å². The van der Waals surface area contributed by atoms with Gasteiger partial charge in [-0.3, -0.25) is 0 Å². The number of benzene rings is 1. The van der Waals surface area contributed by atoms with Gasteiger partial charge in [0, 0.05) is 15.6 Å². The number of hydrogen-bond acceptors (Lipinski definition) is 3. The van der Waals surface area contributed by atoms with Crippen molar-refractivity contribution in [3.63, 3.8) is 0 Å². The Morgan fingerprint density at radius 2 is 2.00 bits per heavy atom. The molecular formula is C7H7BrO2S2. The first-order valence-corrected chi connectivity index (χ1v) is 6.23. The standard InChI is InChI=1S/C7H7BrO2S2/c1-12(9,10)5-2-3-7(11)6(8)4-5/h2-4,11H,1H3. The highest BCUT2D eigenvalue weighted by molar-refractivity contribution is 9.10. The molecule has 1 aromatic carbocycles. The van der Waals surface area contributed by atoms with E-state index in [1.165, 1.54) is 18.4 Å². The Labute approximate surface area is 85.4 Å². The minimum atomic E-state index is -3.11. The van der Waals surface area contributed by atoms with Crippen molar-refractivity contribution in [2.45, 2.75) is 9.79 Å². The van der Waals surface area contributed by atoms with Crippen LogP contribution in [0.1, 0.15) is 0 Å². The third kappa shape index (κ3) is 2.24. The van der Waals surface area contributed by atoms with Gasteiger partial charge < -0.3 is 0 Å². The zero-order valence-corrected chi connectivity index (χ0v) is 9.58. The Balaban J connectivity index is 3.33. The minimum Gasteiger partial charge on any atom is -0.224 e. The molecule has 0 fully saturated rings. The second kappa shape index (κ2) is 3.40. The topological polar surface area (TPSA) is 34.1 Å². The molecule has 0 aliphatic carbocycles. The first kappa shape index (κ1) is 10.1. The van der Waals surface area contributed by atoms with Crippen molar-refractivity contribution >= 4 is 38.4 Å². The van der Waals surface area contributed by atoms with Gasteiger partial charge in [0.2, 0.25) is 0 Å². The minimum absolute atomic E-state index is 0.298. The summed E-state index contributed by atoms with van der Waals surface area (Å²) in [6.07, 6.45) is 1.17. The van der Waals surface area contributed by atoms with Gasteiger partial charge in [0.25, 0.3) is 0 Å². The van der Waals surface area contributed by atoms with Crippen LogP contribution in [0.3, 0.4) is 0 Å². The van der Waals surface area contributed by atoms with Crippen LogP contribution in [-0.2, 0) is 9.84 Å². The van der Waals surface area contributed by atoms with Gasteiger partial charge in [0.15, 0.2) is 9.84 Å². The summed E-state index contributed by atoms with van der Waals surface area (Å²) in [5.41, 5.74) is 0. The zero-order valence-electron chi connectivity index (χ0n) is 6.28. The summed E-state index contributed by atoms with van der Waals surface area (Å²) in [5.74, 6) is 0. The maximum atomic E-state index is 11.1. The van der Waals surface area contributed by atoms with E-state index in [0.29, 0.717) is 9.37 Å². The van der Waals surface area contributed by atoms with Crippen molar-refractivity contribution in [3.8, 4) is 0 Å². The normalized spacial score (nSPS) is 11.6. The average molecular weight is 267 g/mol. The second-order valence-corrected chi connectivity index (χ2v) is 5.74. The lowest BCUT2D eigenvalue weighted by Crippen LogP contribution is -1.96. The third-order valence-electron chi connectivity index (χ3n) is 1.35. The highest BCUT2D eigenvalue weighted by atomic mass is 79.9. The second-order valence-electron chi connectivity index (χ2n) is 2.39. The Morgan fingerprint density at radius 3 is 2.42 bits per heavy atom. The van der Waals surface area contributed by atoms with Crippen LogP contribution in [-0.4, -0.2) is 14.7 Å². The lowest BCUT2D eigenvalue weighted by molar-refractivity contribution is 0.601. The van der Waals surface area contributed by atoms with Gasteiger partial charge in [-0.1, -0.05) is 0 Å². The molecule has 0 saturated heterocycles. The number of hydrogen-bond donors (Lipinski definition) is 1. The Hall–Kier alpha value is -0.000000000000000111. The van der Waals surface area contributed by atoms with E-state index in [4.69, 9.17) is 0 Å². The molecular weight excluding hydrogens is 260 g/mol. The fourth-order valence-corrected chi connectivity index (χ4v) is 2.03. The van der Waals surface area contributed by atoms with Crippen LogP contribution >= 0.6 is 28.6 Å². The highest BCUT2D eigenvalue weighted by Crippen LogP contribution is 2.23. The van der Waals surface area contributed by atoms with Crippen molar-refractivity contribution < 1.29 is 8.42 Å². The van der Waals surface area contributed by atoms with Gasteiger partial charge >= 0.3 is 0 Å². The number of halogens is 1. The molecule has 0 unspecified atom stereocenters. The van der Waals surface area contributed by atoms with Gasteiger partial charge in [-0.05, 0) is 34.1 Å². The number of rotatable bonds is 1. The molecule has 0 amide bonds. The quantitative estimate of drug-likeness (QED) is 0.791. The molecule has 0 spiro atoms. The van der Waals surface area contributed by atoms with Crippen molar-refractivity contribution in [1.82, 2.24) is 0 Å². The number of sulfone groups is 1. The van der Waals surface area contributed by atoms with Crippen molar-refractivity contribution in [2.75, 3.05) is 6.26 Å². The van der Waals surface area contributed by atoms with Crippen LogP contribution in [0.4, 0.5) is 0 Å². The summed E-state index contributed by atoms with van der Waals surface area (Å²) >= 11 is 7.30. The lowest BCUT2D eigenvalue weighted by Gasteiger charge is -2.00. The van der Waals surface area contributed by atoms with E-state index in [9.17, 15) is 8.42 Å². The van der Waals surface area contributed by atoms with Crippen LogP contribution in [0.2, 0.25) is 0 Å². The summed E-state index contributed by atoms with van der Waals surface area (Å²) in [6, 6.07) is 4.71. The SMILES string of the molecule is CS(=O)(=O)c1ccc(S)c(Br)c1. The van der Waals surface area contributed by atoms with Gasteiger partial charge in [0.05, 0.1) is 4.90 Å². The van der Waals surface area contributed by atoms with Gasteiger partial charge in [-0.2, -0.15) is 0 Å². The van der Waals surface area contributed by atoms with Crippen LogP contribution in [0.15, 0.2) is 32.5 Å². The van der Waals surface area contributed by atoms with E-state index in [1.807, 2.05) is 0 Å². The summed E-state index contributed by atoms with van der Waals surface area (Å²) in [4.78, 5) is 1.02. The maximum absolute atomic E-state index is 11.1. The molecule has 0 heterocycles. The van der Waals surface area contributed by atoms with Crippen molar-refractivity contribution in [1.29, 1.82) is 0 Å². The molecule has 66 valence electrons. The molecule has 12 heavy (non-hydrogen) atoms. The molecule has 0 aliphatic heterocycles. The van der Waals surface area contributed by atoms with Crippen LogP contribution in [0.25, 0.3) is 0 Å². The highest BCUT2D eigenvalue weighted by Gasteiger charge is 2.07. The molecule has 0 N–H and O–H groups in total. The first-order chi connectivity index (χ1) is 5.41. The lowest BCUT2D eigenvalue weighted by atomic mass is 10.4. The van der Waals surface area contributed by atoms with E-state index in [1.54, 1.807) is 6.07 Å². The summed E-state index contributed by atoms with van der Waals surface area (Å²) in [6.45, 7) is 0. The van der Waals surface area contributed by atoms with Crippen molar-refractivity contribution in [3.05, 3.63) is 22.7 Å². The fourth-order valence-electron chi connectivity index (χ4n) is 0.718. The van der Waals surface area contributed by atoms with Gasteiger partial charge in [-0.15, -0.1) is 12.6 Å². The smallest absolute Gasteiger partial charge is 0.175 e. The molecule has 0 saturated carbocycles. The van der Waals surface area contributed by atoms with E-state index >= 15 is 0 Å². The van der Waals surface area contributed by atoms with Gasteiger partial charge in [0.1, 0.15) is 0 Å². The van der Waals surface area contributed by atoms with E-state index in [2.05, 4.69) is 28.6 Å². The average Bonchev–Trinajstić information content (AvgIpc) is 1.92. The maximum Gasteiger partial charge on any atom is 0.175 e. The fraction of sp³-hybridized carbons (Fsp3) is 0.143. The Morgan fingerprint density at radius 1 is 1.42 bits per heavy atom. The monoisotopic (exact) mass is 266 g/mol. The van der Waals surface area contributed by atoms with Crippen LogP contribution in [0.5, 0.6) is 0 Å². The van der Waals surface area contributed by atoms with Gasteiger partial charge in [-0.25, -0.2) is 8.42 Å². The Bertz CT molecular complexity index is 398. The van der Waals surface area contributed by atoms with Crippen LogP contribution < -0.4 is 0 Å². The summed E-state index contributed by atoms with van der Waals surface area (Å²) in [5, 5.41) is 0. The van der Waals surface area contributed by atoms with Crippen LogP contribution in [0, 0.1) is 0 Å². The predicted molar refractivity (Wildman–Crippen MR) is 54.5 cm³/mol. The third-order valence-corrected chi connectivity index (χ3v) is 3.81. The zero-order chi connectivity index (χ0) is 9.35. The molecule has 5 heteroatoms. The molecule has 0 radical (unpaired) electrons. The summed E-state index contributed by atoms with van der Waals surface area (Å²) in [7, 11) is -3.11. The summed E-state index contributed by atoms with van der Waals surface area (Å²) < 4.78 is 22.8. The molecule has 1 rings (SSSR count). The van der Waals surface area contributed by atoms with Crippen molar-refractivity contribution in [2.24, 2.45) is 0 Å². The predicted octanol–water partition coefficient (Wildman–Crippen LogP) is 2.14. The molecule has 0 bridgehead atoms. The molecule has 2 nitrogen and oxygen atoms in total. The molecule has 0 aliphatic rings. The Kier molecular flexibility index (Phi) is 2.85. The molecule has 0 atom stereocenters. The number of thiol groups is 1. The largest absolute Gasteiger partial charge is 0.224 e.